The Labute approximate surface area is 159 Å². The first-order chi connectivity index (χ1) is 12.6. The third kappa shape index (κ3) is 4.33. The Bertz CT molecular complexity index is 884. The van der Waals surface area contributed by atoms with Crippen molar-refractivity contribution < 1.29 is 14.4 Å². The molecule has 0 spiro atoms. The molecule has 0 saturated carbocycles. The van der Waals surface area contributed by atoms with Crippen LogP contribution in [0.1, 0.15) is 5.56 Å². The molecule has 0 unspecified atom stereocenters. The molecule has 0 aliphatic carbocycles. The summed E-state index contributed by atoms with van der Waals surface area (Å²) in [5.74, 6) is -0.888. The summed E-state index contributed by atoms with van der Waals surface area (Å²) in [6, 6.07) is 10.8. The van der Waals surface area contributed by atoms with Crippen LogP contribution in [0.25, 0.3) is 6.08 Å². The zero-order valence-corrected chi connectivity index (χ0v) is 15.5. The minimum Gasteiger partial charge on any atom is -0.324 e. The van der Waals surface area contributed by atoms with Gasteiger partial charge in [0.25, 0.3) is 11.1 Å². The largest absolute Gasteiger partial charge is 0.324 e. The number of aromatic nitrogens is 1. The maximum atomic E-state index is 12.4. The first-order valence-electron chi connectivity index (χ1n) is 7.66. The van der Waals surface area contributed by atoms with Gasteiger partial charge in [-0.15, -0.1) is 11.8 Å². The Balaban J connectivity index is 1.67. The molecule has 0 atom stereocenters. The van der Waals surface area contributed by atoms with Crippen LogP contribution < -0.4 is 5.32 Å². The van der Waals surface area contributed by atoms with Crippen LogP contribution in [-0.2, 0) is 9.59 Å². The molecule has 0 bridgehead atoms. The first-order valence-corrected chi connectivity index (χ1v) is 9.70. The molecule has 1 aromatic carbocycles. The number of carbonyl (C=O) groups excluding carboxylic acids is 3. The number of nitrogens with one attached hydrogen (secondary N) is 1. The van der Waals surface area contributed by atoms with Crippen molar-refractivity contribution in [3.05, 3.63) is 59.3 Å². The minimum absolute atomic E-state index is 0.290. The van der Waals surface area contributed by atoms with E-state index >= 15 is 0 Å². The summed E-state index contributed by atoms with van der Waals surface area (Å²) in [5, 5.41) is 2.26. The molecule has 8 heteroatoms. The number of nitrogens with zero attached hydrogens (tertiary/aromatic N) is 2. The lowest BCUT2D eigenvalue weighted by Gasteiger charge is -2.12. The Hall–Kier alpha value is -2.58. The SMILES string of the molecule is CSc1cccc(NC(=O)CN2C(=O)S/C(=C/c3ccncc3)C2=O)c1. The summed E-state index contributed by atoms with van der Waals surface area (Å²) in [4.78, 5) is 42.9. The summed E-state index contributed by atoms with van der Waals surface area (Å²) < 4.78 is 0. The van der Waals surface area contributed by atoms with Gasteiger partial charge in [0.15, 0.2) is 0 Å². The fraction of sp³-hybridized carbons (Fsp3) is 0.111. The van der Waals surface area contributed by atoms with Gasteiger partial charge in [-0.25, -0.2) is 0 Å². The highest BCUT2D eigenvalue weighted by Gasteiger charge is 2.36. The van der Waals surface area contributed by atoms with Crippen molar-refractivity contribution in [2.45, 2.75) is 4.90 Å². The van der Waals surface area contributed by atoms with Gasteiger partial charge in [0.1, 0.15) is 6.54 Å². The lowest BCUT2D eigenvalue weighted by molar-refractivity contribution is -0.127. The molecular formula is C18H15N3O3S2. The Morgan fingerprint density at radius 1 is 1.27 bits per heavy atom. The quantitative estimate of drug-likeness (QED) is 0.627. The number of hydrogen-bond donors (Lipinski definition) is 1. The lowest BCUT2D eigenvalue weighted by atomic mass is 10.2. The predicted octanol–water partition coefficient (Wildman–Crippen LogP) is 3.48. The summed E-state index contributed by atoms with van der Waals surface area (Å²) >= 11 is 2.39. The Morgan fingerprint density at radius 2 is 2.04 bits per heavy atom. The minimum atomic E-state index is -0.468. The van der Waals surface area contributed by atoms with Gasteiger partial charge in [-0.1, -0.05) is 6.07 Å². The van der Waals surface area contributed by atoms with Crippen LogP contribution in [-0.4, -0.2) is 39.7 Å². The molecule has 26 heavy (non-hydrogen) atoms. The molecule has 132 valence electrons. The second-order valence-corrected chi connectivity index (χ2v) is 7.20. The highest BCUT2D eigenvalue weighted by Crippen LogP contribution is 2.32. The zero-order chi connectivity index (χ0) is 18.5. The van der Waals surface area contributed by atoms with Crippen LogP contribution in [0.15, 0.2) is 58.6 Å². The van der Waals surface area contributed by atoms with Gasteiger partial charge < -0.3 is 5.32 Å². The second kappa shape index (κ2) is 8.20. The fourth-order valence-corrected chi connectivity index (χ4v) is 3.59. The number of rotatable bonds is 5. The highest BCUT2D eigenvalue weighted by atomic mass is 32.2. The molecule has 2 heterocycles. The molecule has 1 aliphatic rings. The first kappa shape index (κ1) is 18.2. The molecule has 2 aromatic rings. The van der Waals surface area contributed by atoms with Crippen molar-refractivity contribution in [2.24, 2.45) is 0 Å². The number of thioether (sulfide) groups is 2. The summed E-state index contributed by atoms with van der Waals surface area (Å²) in [5.41, 5.74) is 1.39. The van der Waals surface area contributed by atoms with E-state index in [0.29, 0.717) is 10.6 Å². The Morgan fingerprint density at radius 3 is 2.77 bits per heavy atom. The van der Waals surface area contributed by atoms with E-state index in [-0.39, 0.29) is 6.54 Å². The second-order valence-electron chi connectivity index (χ2n) is 5.33. The molecular weight excluding hydrogens is 370 g/mol. The molecule has 1 fully saturated rings. The van der Waals surface area contributed by atoms with Gasteiger partial charge in [-0.05, 0) is 60.0 Å². The maximum Gasteiger partial charge on any atom is 0.294 e. The standard InChI is InChI=1S/C18H15N3O3S2/c1-25-14-4-2-3-13(10-14)20-16(22)11-21-17(23)15(26-18(21)24)9-12-5-7-19-8-6-12/h2-10H,11H2,1H3,(H,20,22)/b15-9+. The molecule has 1 saturated heterocycles. The van der Waals surface area contributed by atoms with Crippen LogP contribution in [0, 0.1) is 0 Å². The maximum absolute atomic E-state index is 12.4. The van der Waals surface area contributed by atoms with Crippen molar-refractivity contribution in [3.63, 3.8) is 0 Å². The number of carbonyl (C=O) groups is 3. The van der Waals surface area contributed by atoms with Gasteiger partial charge in [0, 0.05) is 23.0 Å². The molecule has 1 aliphatic heterocycles. The van der Waals surface area contributed by atoms with E-state index in [2.05, 4.69) is 10.3 Å². The third-order valence-corrected chi connectivity index (χ3v) is 5.17. The molecule has 3 rings (SSSR count). The molecule has 1 aromatic heterocycles. The van der Waals surface area contributed by atoms with Gasteiger partial charge in [0.2, 0.25) is 5.91 Å². The number of imide groups is 1. The van der Waals surface area contributed by atoms with E-state index in [1.807, 2.05) is 24.5 Å². The van der Waals surface area contributed by atoms with Crippen LogP contribution >= 0.6 is 23.5 Å². The van der Waals surface area contributed by atoms with Crippen LogP contribution in [0.5, 0.6) is 0 Å². The number of benzene rings is 1. The van der Waals surface area contributed by atoms with E-state index in [9.17, 15) is 14.4 Å². The molecule has 3 amide bonds. The van der Waals surface area contributed by atoms with Gasteiger partial charge in [-0.3, -0.25) is 24.3 Å². The average Bonchev–Trinajstić information content (AvgIpc) is 2.90. The molecule has 6 nitrogen and oxygen atoms in total. The van der Waals surface area contributed by atoms with Crippen LogP contribution in [0.2, 0.25) is 0 Å². The smallest absolute Gasteiger partial charge is 0.294 e. The number of pyridine rings is 1. The topological polar surface area (TPSA) is 79.4 Å². The Kier molecular flexibility index (Phi) is 5.75. The van der Waals surface area contributed by atoms with Crippen LogP contribution in [0.3, 0.4) is 0 Å². The number of anilines is 1. The van der Waals surface area contributed by atoms with Crippen molar-refractivity contribution in [1.29, 1.82) is 0 Å². The van der Waals surface area contributed by atoms with E-state index in [1.54, 1.807) is 48.4 Å². The summed E-state index contributed by atoms with van der Waals surface area (Å²) in [7, 11) is 0. The van der Waals surface area contributed by atoms with Crippen molar-refractivity contribution >= 4 is 52.3 Å². The zero-order valence-electron chi connectivity index (χ0n) is 13.8. The van der Waals surface area contributed by atoms with Crippen molar-refractivity contribution in [2.75, 3.05) is 18.1 Å². The highest BCUT2D eigenvalue weighted by molar-refractivity contribution is 8.18. The summed E-state index contributed by atoms with van der Waals surface area (Å²) in [6.45, 7) is -0.318. The van der Waals surface area contributed by atoms with Gasteiger partial charge >= 0.3 is 0 Å². The van der Waals surface area contributed by atoms with Crippen molar-refractivity contribution in [3.8, 4) is 0 Å². The van der Waals surface area contributed by atoms with E-state index in [0.717, 1.165) is 27.1 Å². The number of amides is 3. The van der Waals surface area contributed by atoms with Gasteiger partial charge in [0.05, 0.1) is 4.91 Å². The van der Waals surface area contributed by atoms with Gasteiger partial charge in [-0.2, -0.15) is 0 Å². The average molecular weight is 385 g/mol. The normalized spacial score (nSPS) is 15.6. The van der Waals surface area contributed by atoms with E-state index in [4.69, 9.17) is 0 Å². The lowest BCUT2D eigenvalue weighted by Crippen LogP contribution is -2.36. The molecule has 1 N–H and O–H groups in total. The van der Waals surface area contributed by atoms with E-state index < -0.39 is 17.1 Å². The monoisotopic (exact) mass is 385 g/mol. The molecule has 0 radical (unpaired) electrons. The van der Waals surface area contributed by atoms with E-state index in [1.165, 1.54) is 0 Å². The van der Waals surface area contributed by atoms with Crippen LogP contribution in [0.4, 0.5) is 10.5 Å². The van der Waals surface area contributed by atoms with Crippen molar-refractivity contribution in [1.82, 2.24) is 9.88 Å². The third-order valence-electron chi connectivity index (χ3n) is 3.53. The fourth-order valence-electron chi connectivity index (χ4n) is 2.29. The number of hydrogen-bond acceptors (Lipinski definition) is 6. The summed E-state index contributed by atoms with van der Waals surface area (Å²) in [6.07, 6.45) is 6.77. The predicted molar refractivity (Wildman–Crippen MR) is 104 cm³/mol.